The number of hydrogen-bond acceptors (Lipinski definition) is 4. The van der Waals surface area contributed by atoms with Crippen molar-refractivity contribution in [2.45, 2.75) is 45.3 Å². The minimum absolute atomic E-state index is 0.177. The molecule has 9 heteroatoms. The number of rotatable bonds is 5. The van der Waals surface area contributed by atoms with E-state index in [0.717, 1.165) is 55.3 Å². The average Bonchev–Trinajstić information content (AvgIpc) is 3.29. The monoisotopic (exact) mass is 403 g/mol. The molecule has 2 aliphatic rings. The third kappa shape index (κ3) is 5.81. The quantitative estimate of drug-likeness (QED) is 0.604. The molecule has 3 rings (SSSR count). The van der Waals surface area contributed by atoms with Crippen LogP contribution in [0, 0.1) is 5.92 Å². The Morgan fingerprint density at radius 3 is 2.74 bits per heavy atom. The van der Waals surface area contributed by atoms with Crippen LogP contribution in [0.3, 0.4) is 0 Å². The van der Waals surface area contributed by atoms with Crippen molar-refractivity contribution in [3.63, 3.8) is 0 Å². The summed E-state index contributed by atoms with van der Waals surface area (Å²) >= 11 is 1.01. The third-order valence-electron chi connectivity index (χ3n) is 5.09. The lowest BCUT2D eigenvalue weighted by Crippen LogP contribution is -2.41. The fourth-order valence-electron chi connectivity index (χ4n) is 3.76. The van der Waals surface area contributed by atoms with Crippen LogP contribution in [0.5, 0.6) is 0 Å². The topological polar surface area (TPSA) is 43.8 Å². The Morgan fingerprint density at radius 2 is 2.07 bits per heavy atom. The Labute approximate surface area is 162 Å². The van der Waals surface area contributed by atoms with Crippen LogP contribution in [-0.2, 0) is 12.7 Å². The van der Waals surface area contributed by atoms with E-state index in [1.165, 1.54) is 32.4 Å². The van der Waals surface area contributed by atoms with Crippen molar-refractivity contribution in [1.29, 1.82) is 0 Å². The van der Waals surface area contributed by atoms with Crippen molar-refractivity contribution in [3.05, 3.63) is 16.1 Å². The molecule has 2 fully saturated rings. The van der Waals surface area contributed by atoms with Gasteiger partial charge in [0.15, 0.2) is 11.7 Å². The van der Waals surface area contributed by atoms with Crippen LogP contribution in [0.2, 0.25) is 0 Å². The highest BCUT2D eigenvalue weighted by Gasteiger charge is 2.33. The summed E-state index contributed by atoms with van der Waals surface area (Å²) in [6.07, 6.45) is 0.690. The number of likely N-dealkylation sites (tertiary alicyclic amines) is 2. The van der Waals surface area contributed by atoms with Crippen LogP contribution >= 0.6 is 11.3 Å². The number of halogens is 3. The van der Waals surface area contributed by atoms with Gasteiger partial charge in [-0.05, 0) is 45.2 Å². The summed E-state index contributed by atoms with van der Waals surface area (Å²) in [5.74, 6) is 1.41. The molecular formula is C18H28F3N5S. The van der Waals surface area contributed by atoms with Gasteiger partial charge in [0.2, 0.25) is 0 Å². The lowest BCUT2D eigenvalue weighted by Gasteiger charge is -2.29. The molecule has 0 aromatic carbocycles. The maximum Gasteiger partial charge on any atom is 0.434 e. The van der Waals surface area contributed by atoms with E-state index in [2.05, 4.69) is 25.1 Å². The summed E-state index contributed by atoms with van der Waals surface area (Å²) in [5, 5.41) is 4.72. The zero-order valence-corrected chi connectivity index (χ0v) is 16.6. The standard InChI is InChI=1S/C18H28F3N5S/c1-2-22-17(23-10-16-24-15(13-27-16)18(19,20)21)26-9-6-14(12-26)11-25-7-4-3-5-8-25/h13-14H,2-12H2,1H3,(H,22,23). The number of thiazole rings is 1. The zero-order valence-electron chi connectivity index (χ0n) is 15.8. The summed E-state index contributed by atoms with van der Waals surface area (Å²) in [7, 11) is 0. The maximum atomic E-state index is 12.7. The summed E-state index contributed by atoms with van der Waals surface area (Å²) in [6, 6.07) is 0. The fraction of sp³-hybridized carbons (Fsp3) is 0.778. The fourth-order valence-corrected chi connectivity index (χ4v) is 4.49. The summed E-state index contributed by atoms with van der Waals surface area (Å²) in [5.41, 5.74) is -0.828. The van der Waals surface area contributed by atoms with Gasteiger partial charge in [0.05, 0.1) is 6.54 Å². The molecular weight excluding hydrogens is 375 g/mol. The number of nitrogens with one attached hydrogen (secondary N) is 1. The Hall–Kier alpha value is -1.35. The van der Waals surface area contributed by atoms with Gasteiger partial charge >= 0.3 is 6.18 Å². The second-order valence-corrected chi connectivity index (χ2v) is 8.20. The second kappa shape index (κ2) is 9.23. The highest BCUT2D eigenvalue weighted by molar-refractivity contribution is 7.09. The highest BCUT2D eigenvalue weighted by Crippen LogP contribution is 2.30. The van der Waals surface area contributed by atoms with Crippen LogP contribution in [-0.4, -0.2) is 60.0 Å². The molecule has 5 nitrogen and oxygen atoms in total. The molecule has 1 aromatic rings. The van der Waals surface area contributed by atoms with Crippen molar-refractivity contribution < 1.29 is 13.2 Å². The van der Waals surface area contributed by atoms with Crippen LogP contribution in [0.1, 0.15) is 43.3 Å². The minimum Gasteiger partial charge on any atom is -0.357 e. The summed E-state index contributed by atoms with van der Waals surface area (Å²) in [6.45, 7) is 8.35. The first-order chi connectivity index (χ1) is 13.0. The number of guanidine groups is 1. The van der Waals surface area contributed by atoms with Crippen molar-refractivity contribution in [1.82, 2.24) is 20.1 Å². The van der Waals surface area contributed by atoms with E-state index in [9.17, 15) is 13.2 Å². The van der Waals surface area contributed by atoms with E-state index in [4.69, 9.17) is 0 Å². The van der Waals surface area contributed by atoms with Gasteiger partial charge in [0.1, 0.15) is 5.01 Å². The van der Waals surface area contributed by atoms with Gasteiger partial charge in [-0.1, -0.05) is 6.42 Å². The molecule has 1 aromatic heterocycles. The normalized spacial score (nSPS) is 22.4. The van der Waals surface area contributed by atoms with Gasteiger partial charge in [0.25, 0.3) is 0 Å². The van der Waals surface area contributed by atoms with Crippen molar-refractivity contribution in [2.24, 2.45) is 10.9 Å². The SMILES string of the molecule is CCNC(=NCc1nc(C(F)(F)F)cs1)N1CCC(CN2CCCCC2)C1. The van der Waals surface area contributed by atoms with E-state index in [0.29, 0.717) is 10.9 Å². The molecule has 0 aliphatic carbocycles. The molecule has 1 N–H and O–H groups in total. The molecule has 0 saturated carbocycles. The van der Waals surface area contributed by atoms with E-state index in [1.54, 1.807) is 0 Å². The molecule has 27 heavy (non-hydrogen) atoms. The predicted molar refractivity (Wildman–Crippen MR) is 102 cm³/mol. The van der Waals surface area contributed by atoms with E-state index in [1.807, 2.05) is 6.92 Å². The molecule has 0 spiro atoms. The van der Waals surface area contributed by atoms with Gasteiger partial charge in [-0.15, -0.1) is 11.3 Å². The smallest absolute Gasteiger partial charge is 0.357 e. The zero-order chi connectivity index (χ0) is 19.3. The van der Waals surface area contributed by atoms with Crippen molar-refractivity contribution >= 4 is 17.3 Å². The van der Waals surface area contributed by atoms with Crippen molar-refractivity contribution in [2.75, 3.05) is 39.3 Å². The van der Waals surface area contributed by atoms with Crippen LogP contribution in [0.15, 0.2) is 10.4 Å². The highest BCUT2D eigenvalue weighted by atomic mass is 32.1. The molecule has 0 radical (unpaired) electrons. The van der Waals surface area contributed by atoms with Gasteiger partial charge in [-0.2, -0.15) is 13.2 Å². The molecule has 152 valence electrons. The van der Waals surface area contributed by atoms with E-state index >= 15 is 0 Å². The lowest BCUT2D eigenvalue weighted by atomic mass is 10.1. The maximum absolute atomic E-state index is 12.7. The number of aromatic nitrogens is 1. The first kappa shape index (κ1) is 20.4. The number of aliphatic imine (C=N–C) groups is 1. The summed E-state index contributed by atoms with van der Waals surface area (Å²) < 4.78 is 38.1. The van der Waals surface area contributed by atoms with Gasteiger partial charge in [0, 0.05) is 31.6 Å². The Balaban J connectivity index is 1.56. The molecule has 2 saturated heterocycles. The number of hydrogen-bond donors (Lipinski definition) is 1. The first-order valence-corrected chi connectivity index (χ1v) is 10.6. The number of nitrogens with zero attached hydrogens (tertiary/aromatic N) is 4. The largest absolute Gasteiger partial charge is 0.434 e. The predicted octanol–water partition coefficient (Wildman–Crippen LogP) is 3.44. The average molecular weight is 404 g/mol. The van der Waals surface area contributed by atoms with Crippen molar-refractivity contribution in [3.8, 4) is 0 Å². The molecule has 1 unspecified atom stereocenters. The molecule has 3 heterocycles. The Morgan fingerprint density at radius 1 is 1.30 bits per heavy atom. The summed E-state index contributed by atoms with van der Waals surface area (Å²) in [4.78, 5) is 13.0. The van der Waals surface area contributed by atoms with E-state index < -0.39 is 11.9 Å². The molecule has 1 atom stereocenters. The molecule has 0 bridgehead atoms. The third-order valence-corrected chi connectivity index (χ3v) is 5.93. The van der Waals surface area contributed by atoms with Crippen LogP contribution in [0.25, 0.3) is 0 Å². The van der Waals surface area contributed by atoms with Crippen LogP contribution < -0.4 is 5.32 Å². The molecule has 0 amide bonds. The lowest BCUT2D eigenvalue weighted by molar-refractivity contribution is -0.140. The van der Waals surface area contributed by atoms with E-state index in [-0.39, 0.29) is 6.54 Å². The Bertz CT molecular complexity index is 625. The minimum atomic E-state index is -4.39. The van der Waals surface area contributed by atoms with Gasteiger partial charge < -0.3 is 15.1 Å². The van der Waals surface area contributed by atoms with Crippen LogP contribution in [0.4, 0.5) is 13.2 Å². The van der Waals surface area contributed by atoms with Gasteiger partial charge in [-0.3, -0.25) is 0 Å². The first-order valence-electron chi connectivity index (χ1n) is 9.73. The second-order valence-electron chi connectivity index (χ2n) is 7.26. The number of piperidine rings is 1. The Kier molecular flexibility index (Phi) is 6.97. The van der Waals surface area contributed by atoms with Gasteiger partial charge in [-0.25, -0.2) is 9.98 Å². The number of alkyl halides is 3. The molecule has 2 aliphatic heterocycles.